The molecule has 2 aromatic carbocycles. The summed E-state index contributed by atoms with van der Waals surface area (Å²) in [7, 11) is 1.69. The Morgan fingerprint density at radius 1 is 1.09 bits per heavy atom. The van der Waals surface area contributed by atoms with Gasteiger partial charge in [-0.3, -0.25) is 9.69 Å². The van der Waals surface area contributed by atoms with Crippen LogP contribution in [0.5, 0.6) is 5.75 Å². The Morgan fingerprint density at radius 3 is 2.68 bits per heavy atom. The zero-order valence-electron chi connectivity index (χ0n) is 12.4. The lowest BCUT2D eigenvalue weighted by Crippen LogP contribution is -2.32. The van der Waals surface area contributed by atoms with Gasteiger partial charge in [0, 0.05) is 12.1 Å². The lowest BCUT2D eigenvalue weighted by molar-refractivity contribution is -0.120. The second-order valence-corrected chi connectivity index (χ2v) is 5.73. The summed E-state index contributed by atoms with van der Waals surface area (Å²) in [5.41, 5.74) is 3.43. The number of carbonyl (C=O) groups excluding carboxylic acids is 1. The monoisotopic (exact) mass is 291 g/mol. The topological polar surface area (TPSA) is 29.5 Å². The third-order valence-corrected chi connectivity index (χ3v) is 4.52. The fourth-order valence-corrected chi connectivity index (χ4v) is 3.58. The first-order valence-electron chi connectivity index (χ1n) is 7.48. The molecule has 3 nitrogen and oxygen atoms in total. The number of methoxy groups -OCH3 is 1. The molecule has 0 spiro atoms. The minimum atomic E-state index is -0.194. The van der Waals surface area contributed by atoms with Crippen LogP contribution in [-0.4, -0.2) is 17.8 Å². The average molecular weight is 291 g/mol. The molecule has 2 atom stereocenters. The molecule has 0 N–H and O–H groups in total. The summed E-state index contributed by atoms with van der Waals surface area (Å²) in [6.07, 6.45) is 3.71. The minimum Gasteiger partial charge on any atom is -0.496 e. The Balaban J connectivity index is 1.79. The molecule has 0 unspecified atom stereocenters. The molecular formula is C19H17NO2. The van der Waals surface area contributed by atoms with Crippen LogP contribution in [0.1, 0.15) is 28.8 Å². The molecule has 2 aliphatic rings. The summed E-state index contributed by atoms with van der Waals surface area (Å²) in [6.45, 7) is 0.754. The fourth-order valence-electron chi connectivity index (χ4n) is 3.58. The van der Waals surface area contributed by atoms with E-state index >= 15 is 0 Å². The molecule has 0 saturated carbocycles. The van der Waals surface area contributed by atoms with Crippen LogP contribution >= 0.6 is 0 Å². The second-order valence-electron chi connectivity index (χ2n) is 5.73. The van der Waals surface area contributed by atoms with Gasteiger partial charge in [0.05, 0.1) is 19.2 Å². The summed E-state index contributed by atoms with van der Waals surface area (Å²) in [5.74, 6) is 1.02. The van der Waals surface area contributed by atoms with E-state index in [2.05, 4.69) is 17.0 Å². The van der Waals surface area contributed by atoms with Gasteiger partial charge in [-0.2, -0.15) is 0 Å². The highest BCUT2D eigenvalue weighted by Crippen LogP contribution is 2.50. The number of nitrogens with zero attached hydrogens (tertiary/aromatic N) is 1. The summed E-state index contributed by atoms with van der Waals surface area (Å²) in [6, 6.07) is 16.2. The molecule has 2 aliphatic heterocycles. The second kappa shape index (κ2) is 5.11. The number of ether oxygens (including phenoxy) is 1. The first kappa shape index (κ1) is 13.3. The van der Waals surface area contributed by atoms with Crippen molar-refractivity contribution in [3.8, 4) is 5.75 Å². The lowest BCUT2D eigenvalue weighted by atomic mass is 10.0. The Bertz CT molecular complexity index is 751. The van der Waals surface area contributed by atoms with Crippen molar-refractivity contribution in [2.24, 2.45) is 0 Å². The highest BCUT2D eigenvalue weighted by atomic mass is 16.5. The van der Waals surface area contributed by atoms with Crippen molar-refractivity contribution in [2.45, 2.75) is 18.6 Å². The molecule has 2 heterocycles. The van der Waals surface area contributed by atoms with Crippen molar-refractivity contribution in [3.05, 3.63) is 77.4 Å². The van der Waals surface area contributed by atoms with Crippen LogP contribution in [0.15, 0.2) is 60.7 Å². The van der Waals surface area contributed by atoms with E-state index in [-0.39, 0.29) is 17.9 Å². The predicted octanol–water partition coefficient (Wildman–Crippen LogP) is 3.43. The molecule has 0 amide bonds. The van der Waals surface area contributed by atoms with Gasteiger partial charge in [0.1, 0.15) is 5.75 Å². The number of hydrogen-bond acceptors (Lipinski definition) is 3. The van der Waals surface area contributed by atoms with Crippen LogP contribution in [0.4, 0.5) is 0 Å². The first-order valence-corrected chi connectivity index (χ1v) is 7.48. The summed E-state index contributed by atoms with van der Waals surface area (Å²) in [5, 5.41) is 0. The molecule has 0 fully saturated rings. The van der Waals surface area contributed by atoms with Gasteiger partial charge in [-0.15, -0.1) is 0 Å². The van der Waals surface area contributed by atoms with E-state index in [0.29, 0.717) is 0 Å². The molecule has 0 aromatic heterocycles. The zero-order valence-corrected chi connectivity index (χ0v) is 12.4. The predicted molar refractivity (Wildman–Crippen MR) is 84.6 cm³/mol. The van der Waals surface area contributed by atoms with Gasteiger partial charge in [-0.05, 0) is 23.3 Å². The number of hydrogen-bond donors (Lipinski definition) is 0. The van der Waals surface area contributed by atoms with E-state index in [4.69, 9.17) is 4.74 Å². The van der Waals surface area contributed by atoms with Crippen LogP contribution in [0, 0.1) is 0 Å². The van der Waals surface area contributed by atoms with Crippen LogP contribution in [-0.2, 0) is 11.3 Å². The quantitative estimate of drug-likeness (QED) is 0.867. The van der Waals surface area contributed by atoms with Gasteiger partial charge < -0.3 is 4.74 Å². The number of benzene rings is 2. The van der Waals surface area contributed by atoms with Gasteiger partial charge in [-0.25, -0.2) is 0 Å². The maximum absolute atomic E-state index is 12.4. The fraction of sp³-hybridized carbons (Fsp3) is 0.211. The van der Waals surface area contributed by atoms with E-state index in [0.717, 1.165) is 23.4 Å². The smallest absolute Gasteiger partial charge is 0.177 e. The molecule has 4 rings (SSSR count). The van der Waals surface area contributed by atoms with Crippen molar-refractivity contribution >= 4 is 5.78 Å². The third-order valence-electron chi connectivity index (χ3n) is 4.52. The Morgan fingerprint density at radius 2 is 1.91 bits per heavy atom. The van der Waals surface area contributed by atoms with Crippen LogP contribution in [0.25, 0.3) is 0 Å². The van der Waals surface area contributed by atoms with Crippen molar-refractivity contribution in [2.75, 3.05) is 7.11 Å². The highest BCUT2D eigenvalue weighted by molar-refractivity contribution is 5.98. The average Bonchev–Trinajstić information content (AvgIpc) is 2.78. The maximum atomic E-state index is 12.4. The molecule has 2 aromatic rings. The van der Waals surface area contributed by atoms with Gasteiger partial charge in [0.2, 0.25) is 0 Å². The van der Waals surface area contributed by atoms with E-state index in [1.165, 1.54) is 5.56 Å². The van der Waals surface area contributed by atoms with Crippen molar-refractivity contribution in [1.82, 2.24) is 4.90 Å². The first-order chi connectivity index (χ1) is 10.8. The molecular weight excluding hydrogens is 274 g/mol. The Kier molecular flexibility index (Phi) is 3.09. The highest BCUT2D eigenvalue weighted by Gasteiger charge is 2.44. The lowest BCUT2D eigenvalue weighted by Gasteiger charge is -2.30. The standard InChI is InChI=1S/C19H17NO2/c1-22-17-9-5-8-14-18(17)15-10-11-16(21)19(14)20(15)12-13-6-3-2-4-7-13/h2-11,15,19H,12H2,1H3/t15-,19-/m0/s1. The summed E-state index contributed by atoms with van der Waals surface area (Å²) >= 11 is 0. The van der Waals surface area contributed by atoms with Gasteiger partial charge in [-0.1, -0.05) is 48.5 Å². The molecule has 0 saturated heterocycles. The van der Waals surface area contributed by atoms with Gasteiger partial charge in [0.15, 0.2) is 5.78 Å². The SMILES string of the molecule is COc1cccc2c1[C@@H]1C=CC(=O)[C@H]2N1Cc1ccccc1. The number of rotatable bonds is 3. The number of fused-ring (bicyclic) bond motifs is 5. The van der Waals surface area contributed by atoms with E-state index in [9.17, 15) is 4.79 Å². The minimum absolute atomic E-state index is 0.106. The van der Waals surface area contributed by atoms with Crippen LogP contribution in [0.2, 0.25) is 0 Å². The van der Waals surface area contributed by atoms with E-state index in [1.807, 2.05) is 42.5 Å². The molecule has 110 valence electrons. The molecule has 22 heavy (non-hydrogen) atoms. The van der Waals surface area contributed by atoms with Crippen molar-refractivity contribution in [1.29, 1.82) is 0 Å². The van der Waals surface area contributed by atoms with Crippen LogP contribution < -0.4 is 4.74 Å². The summed E-state index contributed by atoms with van der Waals surface area (Å²) in [4.78, 5) is 14.7. The normalized spacial score (nSPS) is 22.7. The number of ketones is 1. The van der Waals surface area contributed by atoms with Crippen molar-refractivity contribution in [3.63, 3.8) is 0 Å². The Hall–Kier alpha value is -2.39. The van der Waals surface area contributed by atoms with E-state index < -0.39 is 0 Å². The van der Waals surface area contributed by atoms with Gasteiger partial charge >= 0.3 is 0 Å². The van der Waals surface area contributed by atoms with Crippen LogP contribution in [0.3, 0.4) is 0 Å². The Labute approximate surface area is 129 Å². The molecule has 0 aliphatic carbocycles. The zero-order chi connectivity index (χ0) is 15.1. The summed E-state index contributed by atoms with van der Waals surface area (Å²) < 4.78 is 5.53. The molecule has 3 heteroatoms. The largest absolute Gasteiger partial charge is 0.496 e. The van der Waals surface area contributed by atoms with Crippen molar-refractivity contribution < 1.29 is 9.53 Å². The molecule has 2 bridgehead atoms. The third kappa shape index (κ3) is 1.90. The van der Waals surface area contributed by atoms with Gasteiger partial charge in [0.25, 0.3) is 0 Å². The molecule has 0 radical (unpaired) electrons. The maximum Gasteiger partial charge on any atom is 0.177 e. The number of carbonyl (C=O) groups is 1. The van der Waals surface area contributed by atoms with E-state index in [1.54, 1.807) is 13.2 Å².